The Labute approximate surface area is 118 Å². The summed E-state index contributed by atoms with van der Waals surface area (Å²) in [6, 6.07) is 9.45. The molecule has 19 heavy (non-hydrogen) atoms. The van der Waals surface area contributed by atoms with Gasteiger partial charge >= 0.3 is 0 Å². The van der Waals surface area contributed by atoms with E-state index < -0.39 is 0 Å². The topological polar surface area (TPSA) is 44.9 Å². The highest BCUT2D eigenvalue weighted by molar-refractivity contribution is 6.31. The normalized spacial score (nSPS) is 10.5. The van der Waals surface area contributed by atoms with Gasteiger partial charge in [-0.2, -0.15) is 0 Å². The van der Waals surface area contributed by atoms with Gasteiger partial charge in [0.15, 0.2) is 0 Å². The van der Waals surface area contributed by atoms with Crippen LogP contribution in [0.15, 0.2) is 30.3 Å². The van der Waals surface area contributed by atoms with Gasteiger partial charge < -0.3 is 10.3 Å². The molecule has 0 fully saturated rings. The van der Waals surface area contributed by atoms with Crippen molar-refractivity contribution in [3.63, 3.8) is 0 Å². The third-order valence-corrected chi connectivity index (χ3v) is 3.41. The van der Waals surface area contributed by atoms with Gasteiger partial charge in [0, 0.05) is 23.0 Å². The van der Waals surface area contributed by atoms with Crippen LogP contribution in [0.25, 0.3) is 0 Å². The molecule has 2 aromatic rings. The summed E-state index contributed by atoms with van der Waals surface area (Å²) in [6.45, 7) is 4.55. The number of carbonyl (C=O) groups is 1. The quantitative estimate of drug-likeness (QED) is 0.885. The van der Waals surface area contributed by atoms with Gasteiger partial charge in [0.2, 0.25) is 5.91 Å². The zero-order valence-corrected chi connectivity index (χ0v) is 11.8. The third-order valence-electron chi connectivity index (χ3n) is 3.04. The van der Waals surface area contributed by atoms with E-state index >= 15 is 0 Å². The Morgan fingerprint density at radius 2 is 2.00 bits per heavy atom. The van der Waals surface area contributed by atoms with Crippen molar-refractivity contribution in [2.45, 2.75) is 26.8 Å². The zero-order chi connectivity index (χ0) is 13.8. The number of hydrogen-bond donors (Lipinski definition) is 2. The fourth-order valence-corrected chi connectivity index (χ4v) is 2.24. The third kappa shape index (κ3) is 3.61. The first-order valence-electron chi connectivity index (χ1n) is 6.21. The molecule has 0 aliphatic rings. The Kier molecular flexibility index (Phi) is 4.27. The molecule has 1 aromatic heterocycles. The van der Waals surface area contributed by atoms with Gasteiger partial charge in [0.25, 0.3) is 0 Å². The molecule has 0 unspecified atom stereocenters. The maximum Gasteiger partial charge on any atom is 0.224 e. The molecule has 0 aliphatic heterocycles. The molecule has 0 aliphatic carbocycles. The highest BCUT2D eigenvalue weighted by Gasteiger charge is 2.08. The van der Waals surface area contributed by atoms with E-state index in [4.69, 9.17) is 11.6 Å². The second-order valence-electron chi connectivity index (χ2n) is 4.65. The van der Waals surface area contributed by atoms with E-state index in [9.17, 15) is 4.79 Å². The van der Waals surface area contributed by atoms with Crippen molar-refractivity contribution in [2.75, 3.05) is 0 Å². The molecule has 2 rings (SSSR count). The Hall–Kier alpha value is -1.74. The van der Waals surface area contributed by atoms with Gasteiger partial charge in [-0.05, 0) is 37.1 Å². The molecule has 0 radical (unpaired) electrons. The lowest BCUT2D eigenvalue weighted by Crippen LogP contribution is -2.24. The summed E-state index contributed by atoms with van der Waals surface area (Å²) in [5, 5.41) is 3.54. The lowest BCUT2D eigenvalue weighted by molar-refractivity contribution is -0.120. The van der Waals surface area contributed by atoms with Crippen LogP contribution in [-0.4, -0.2) is 10.9 Å². The summed E-state index contributed by atoms with van der Waals surface area (Å²) in [7, 11) is 0. The molecule has 0 saturated heterocycles. The number of carbonyl (C=O) groups excluding carboxylic acids is 1. The number of hydrogen-bond acceptors (Lipinski definition) is 1. The molecule has 0 saturated carbocycles. The van der Waals surface area contributed by atoms with Crippen molar-refractivity contribution >= 4 is 17.5 Å². The van der Waals surface area contributed by atoms with Gasteiger partial charge in [-0.25, -0.2) is 0 Å². The van der Waals surface area contributed by atoms with E-state index in [1.165, 1.54) is 0 Å². The molecule has 0 bridgehead atoms. The van der Waals surface area contributed by atoms with Crippen LogP contribution in [0, 0.1) is 13.8 Å². The van der Waals surface area contributed by atoms with Crippen LogP contribution < -0.4 is 5.32 Å². The smallest absolute Gasteiger partial charge is 0.224 e. The molecule has 1 heterocycles. The van der Waals surface area contributed by atoms with E-state index in [2.05, 4.69) is 10.3 Å². The van der Waals surface area contributed by atoms with Gasteiger partial charge in [-0.3, -0.25) is 4.79 Å². The van der Waals surface area contributed by atoms with Crippen molar-refractivity contribution in [2.24, 2.45) is 0 Å². The van der Waals surface area contributed by atoms with Crippen LogP contribution >= 0.6 is 11.6 Å². The highest BCUT2D eigenvalue weighted by Crippen LogP contribution is 2.15. The standard InChI is InChI=1S/C15H17ClN2O/c1-10-7-13(11(2)18-10)9-17-15(19)8-12-5-3-4-6-14(12)16/h3-7,18H,8-9H2,1-2H3,(H,17,19). The van der Waals surface area contributed by atoms with Crippen LogP contribution in [0.3, 0.4) is 0 Å². The van der Waals surface area contributed by atoms with Crippen LogP contribution in [0.4, 0.5) is 0 Å². The van der Waals surface area contributed by atoms with E-state index in [0.29, 0.717) is 18.0 Å². The van der Waals surface area contributed by atoms with Crippen LogP contribution in [-0.2, 0) is 17.8 Å². The minimum atomic E-state index is -0.0219. The minimum absolute atomic E-state index is 0.0219. The SMILES string of the molecule is Cc1cc(CNC(=O)Cc2ccccc2Cl)c(C)[nH]1. The second kappa shape index (κ2) is 5.93. The van der Waals surface area contributed by atoms with E-state index in [-0.39, 0.29) is 5.91 Å². The fraction of sp³-hybridized carbons (Fsp3) is 0.267. The molecule has 2 N–H and O–H groups in total. The van der Waals surface area contributed by atoms with Crippen molar-refractivity contribution in [1.82, 2.24) is 10.3 Å². The van der Waals surface area contributed by atoms with Crippen molar-refractivity contribution in [1.29, 1.82) is 0 Å². The Morgan fingerprint density at radius 3 is 2.63 bits per heavy atom. The average Bonchev–Trinajstić information content (AvgIpc) is 2.68. The number of H-pyrrole nitrogens is 1. The molecule has 0 spiro atoms. The number of rotatable bonds is 4. The number of benzene rings is 1. The van der Waals surface area contributed by atoms with Crippen LogP contribution in [0.1, 0.15) is 22.5 Å². The highest BCUT2D eigenvalue weighted by atomic mass is 35.5. The molecular formula is C15H17ClN2O. The second-order valence-corrected chi connectivity index (χ2v) is 5.05. The Bertz CT molecular complexity index is 590. The van der Waals surface area contributed by atoms with Crippen LogP contribution in [0.5, 0.6) is 0 Å². The first-order valence-corrected chi connectivity index (χ1v) is 6.59. The summed E-state index contributed by atoms with van der Waals surface area (Å²) in [5.74, 6) is -0.0219. The molecule has 1 aromatic carbocycles. The van der Waals surface area contributed by atoms with Crippen molar-refractivity contribution in [3.05, 3.63) is 57.9 Å². The van der Waals surface area contributed by atoms with Crippen molar-refractivity contribution < 1.29 is 4.79 Å². The molecule has 0 atom stereocenters. The van der Waals surface area contributed by atoms with Gasteiger partial charge in [-0.15, -0.1) is 0 Å². The van der Waals surface area contributed by atoms with E-state index in [1.54, 1.807) is 6.07 Å². The Balaban J connectivity index is 1.92. The summed E-state index contributed by atoms with van der Waals surface area (Å²) in [6.07, 6.45) is 0.308. The van der Waals surface area contributed by atoms with Gasteiger partial charge in [0.1, 0.15) is 0 Å². The maximum absolute atomic E-state index is 11.9. The zero-order valence-electron chi connectivity index (χ0n) is 11.1. The van der Waals surface area contributed by atoms with E-state index in [0.717, 1.165) is 22.5 Å². The molecule has 1 amide bonds. The lowest BCUT2D eigenvalue weighted by Gasteiger charge is -2.06. The monoisotopic (exact) mass is 276 g/mol. The first-order chi connectivity index (χ1) is 9.06. The van der Waals surface area contributed by atoms with Crippen molar-refractivity contribution in [3.8, 4) is 0 Å². The number of aromatic nitrogens is 1. The van der Waals surface area contributed by atoms with Gasteiger partial charge in [-0.1, -0.05) is 29.8 Å². The summed E-state index contributed by atoms with van der Waals surface area (Å²) in [4.78, 5) is 15.1. The molecule has 100 valence electrons. The summed E-state index contributed by atoms with van der Waals surface area (Å²) >= 11 is 6.03. The fourth-order valence-electron chi connectivity index (χ4n) is 2.04. The molecular weight excluding hydrogens is 260 g/mol. The molecule has 4 heteroatoms. The van der Waals surface area contributed by atoms with E-state index in [1.807, 2.05) is 38.1 Å². The lowest BCUT2D eigenvalue weighted by atomic mass is 10.1. The first kappa shape index (κ1) is 13.7. The minimum Gasteiger partial charge on any atom is -0.362 e. The number of amides is 1. The van der Waals surface area contributed by atoms with Gasteiger partial charge in [0.05, 0.1) is 6.42 Å². The molecule has 3 nitrogen and oxygen atoms in total. The Morgan fingerprint density at radius 1 is 1.26 bits per heavy atom. The largest absolute Gasteiger partial charge is 0.362 e. The summed E-state index contributed by atoms with van der Waals surface area (Å²) in [5.41, 5.74) is 4.16. The number of aryl methyl sites for hydroxylation is 2. The predicted molar refractivity (Wildman–Crippen MR) is 77.3 cm³/mol. The summed E-state index contributed by atoms with van der Waals surface area (Å²) < 4.78 is 0. The number of nitrogens with one attached hydrogen (secondary N) is 2. The number of aromatic amines is 1. The van der Waals surface area contributed by atoms with Crippen LogP contribution in [0.2, 0.25) is 5.02 Å². The maximum atomic E-state index is 11.9. The predicted octanol–water partition coefficient (Wildman–Crippen LogP) is 3.14. The number of halogens is 1. The average molecular weight is 277 g/mol.